The average Bonchev–Trinajstić information content (AvgIpc) is 2.68. The highest BCUT2D eigenvalue weighted by molar-refractivity contribution is 4.96. The van der Waals surface area contributed by atoms with Crippen molar-refractivity contribution in [3.8, 4) is 0 Å². The van der Waals surface area contributed by atoms with Crippen molar-refractivity contribution in [2.24, 2.45) is 23.7 Å². The number of hydrogen-bond acceptors (Lipinski definition) is 0. The predicted molar refractivity (Wildman–Crippen MR) is 117 cm³/mol. The average molecular weight is 357 g/mol. The van der Waals surface area contributed by atoms with E-state index in [1.165, 1.54) is 89.9 Å². The van der Waals surface area contributed by atoms with Gasteiger partial charge in [-0.1, -0.05) is 75.5 Å². The van der Waals surface area contributed by atoms with Crippen molar-refractivity contribution in [2.45, 2.75) is 104 Å². The van der Waals surface area contributed by atoms with Gasteiger partial charge in [0.1, 0.15) is 0 Å². The molecule has 0 unspecified atom stereocenters. The van der Waals surface area contributed by atoms with Crippen LogP contribution < -0.4 is 0 Å². The normalized spacial score (nSPS) is 30.7. The molecule has 0 N–H and O–H groups in total. The van der Waals surface area contributed by atoms with E-state index in [9.17, 15) is 0 Å². The van der Waals surface area contributed by atoms with Crippen molar-refractivity contribution in [1.29, 1.82) is 0 Å². The lowest BCUT2D eigenvalue weighted by Crippen LogP contribution is -2.14. The highest BCUT2D eigenvalue weighted by Crippen LogP contribution is 2.34. The van der Waals surface area contributed by atoms with E-state index in [2.05, 4.69) is 50.3 Å². The maximum atomic E-state index is 2.56. The van der Waals surface area contributed by atoms with Gasteiger partial charge in [0.2, 0.25) is 0 Å². The van der Waals surface area contributed by atoms with Crippen molar-refractivity contribution in [3.05, 3.63) is 36.5 Å². The molecule has 0 amide bonds. The van der Waals surface area contributed by atoms with Crippen molar-refractivity contribution < 1.29 is 0 Å². The van der Waals surface area contributed by atoms with Gasteiger partial charge >= 0.3 is 0 Å². The van der Waals surface area contributed by atoms with Crippen molar-refractivity contribution >= 4 is 0 Å². The molecule has 0 radical (unpaired) electrons. The second-order valence-corrected chi connectivity index (χ2v) is 8.93. The third-order valence-electron chi connectivity index (χ3n) is 6.77. The van der Waals surface area contributed by atoms with Gasteiger partial charge in [-0.3, -0.25) is 0 Å². The van der Waals surface area contributed by atoms with Crippen molar-refractivity contribution in [2.75, 3.05) is 0 Å². The number of allylic oxidation sites excluding steroid dienone is 6. The zero-order valence-electron chi connectivity index (χ0n) is 17.7. The summed E-state index contributed by atoms with van der Waals surface area (Å²) in [6, 6.07) is 0. The van der Waals surface area contributed by atoms with Crippen molar-refractivity contribution in [3.63, 3.8) is 0 Å². The van der Waals surface area contributed by atoms with Gasteiger partial charge in [0.15, 0.2) is 0 Å². The fraction of sp³-hybridized carbons (Fsp3) is 0.769. The van der Waals surface area contributed by atoms with Crippen LogP contribution in [0.15, 0.2) is 36.5 Å². The number of rotatable bonds is 10. The molecule has 0 heteroatoms. The summed E-state index contributed by atoms with van der Waals surface area (Å²) in [6.07, 6.45) is 34.2. The number of hydrogen-bond donors (Lipinski definition) is 0. The van der Waals surface area contributed by atoms with E-state index in [1.807, 2.05) is 0 Å². The lowest BCUT2D eigenvalue weighted by atomic mass is 9.78. The molecule has 2 fully saturated rings. The monoisotopic (exact) mass is 356 g/mol. The fourth-order valence-electron chi connectivity index (χ4n) is 4.91. The van der Waals surface area contributed by atoms with Crippen LogP contribution in [0.1, 0.15) is 104 Å². The van der Waals surface area contributed by atoms with Gasteiger partial charge in [0.25, 0.3) is 0 Å². The molecule has 0 aliphatic heterocycles. The smallest absolute Gasteiger partial charge is 0.0233 e. The van der Waals surface area contributed by atoms with E-state index in [1.54, 1.807) is 0 Å². The summed E-state index contributed by atoms with van der Waals surface area (Å²) in [5.74, 6) is 3.76. The molecule has 0 heterocycles. The molecule has 2 aliphatic rings. The quantitative estimate of drug-likeness (QED) is 0.343. The highest BCUT2D eigenvalue weighted by Gasteiger charge is 2.20. The minimum atomic E-state index is 0.869. The summed E-state index contributed by atoms with van der Waals surface area (Å²) in [5.41, 5.74) is 0. The Morgan fingerprint density at radius 2 is 1.08 bits per heavy atom. The molecular weight excluding hydrogens is 312 g/mol. The van der Waals surface area contributed by atoms with Crippen molar-refractivity contribution in [1.82, 2.24) is 0 Å². The molecule has 0 aromatic carbocycles. The summed E-state index contributed by atoms with van der Waals surface area (Å²) < 4.78 is 0. The van der Waals surface area contributed by atoms with Crippen LogP contribution in [0.3, 0.4) is 0 Å². The largest absolute Gasteiger partial charge is 0.0917 e. The minimum Gasteiger partial charge on any atom is -0.0917 e. The van der Waals surface area contributed by atoms with Crippen LogP contribution in [-0.2, 0) is 0 Å². The first-order valence-corrected chi connectivity index (χ1v) is 11.8. The Morgan fingerprint density at radius 3 is 1.54 bits per heavy atom. The van der Waals surface area contributed by atoms with Crippen LogP contribution in [0.25, 0.3) is 0 Å². The third-order valence-corrected chi connectivity index (χ3v) is 6.77. The molecule has 2 aliphatic carbocycles. The summed E-state index contributed by atoms with van der Waals surface area (Å²) in [6.45, 7) is 4.41. The Kier molecular flexibility index (Phi) is 11.1. The SMILES string of the molecule is CC=CCCC1CCC(CCC=CC2CCC(C=CCCC)CC2)CC1. The zero-order valence-corrected chi connectivity index (χ0v) is 17.7. The summed E-state index contributed by atoms with van der Waals surface area (Å²) >= 11 is 0. The predicted octanol–water partition coefficient (Wildman–Crippen LogP) is 8.65. The molecule has 26 heavy (non-hydrogen) atoms. The van der Waals surface area contributed by atoms with Crippen LogP contribution in [0.4, 0.5) is 0 Å². The second-order valence-electron chi connectivity index (χ2n) is 8.93. The van der Waals surface area contributed by atoms with Crippen LogP contribution in [-0.4, -0.2) is 0 Å². The van der Waals surface area contributed by atoms with E-state index < -0.39 is 0 Å². The van der Waals surface area contributed by atoms with Crippen LogP contribution in [0.5, 0.6) is 0 Å². The topological polar surface area (TPSA) is 0 Å². The Bertz CT molecular complexity index is 411. The van der Waals surface area contributed by atoms with E-state index in [4.69, 9.17) is 0 Å². The molecule has 0 spiro atoms. The van der Waals surface area contributed by atoms with Gasteiger partial charge in [-0.15, -0.1) is 0 Å². The van der Waals surface area contributed by atoms with Gasteiger partial charge in [0.05, 0.1) is 0 Å². The molecule has 148 valence electrons. The Balaban J connectivity index is 1.52. The van der Waals surface area contributed by atoms with E-state index in [-0.39, 0.29) is 0 Å². The molecular formula is C26H44. The van der Waals surface area contributed by atoms with Gasteiger partial charge in [-0.05, 0) is 88.4 Å². The van der Waals surface area contributed by atoms with Gasteiger partial charge < -0.3 is 0 Å². The van der Waals surface area contributed by atoms with Crippen LogP contribution >= 0.6 is 0 Å². The Hall–Kier alpha value is -0.780. The number of unbranched alkanes of at least 4 members (excludes halogenated alkanes) is 1. The fourth-order valence-corrected chi connectivity index (χ4v) is 4.91. The second kappa shape index (κ2) is 13.4. The molecule has 0 aromatic rings. The maximum absolute atomic E-state index is 2.56. The van der Waals surface area contributed by atoms with E-state index >= 15 is 0 Å². The van der Waals surface area contributed by atoms with Crippen LogP contribution in [0.2, 0.25) is 0 Å². The first-order chi connectivity index (χ1) is 12.8. The molecule has 0 saturated heterocycles. The molecule has 0 bridgehead atoms. The summed E-state index contributed by atoms with van der Waals surface area (Å²) in [4.78, 5) is 0. The third kappa shape index (κ3) is 8.74. The molecule has 2 saturated carbocycles. The Morgan fingerprint density at radius 1 is 0.615 bits per heavy atom. The summed E-state index contributed by atoms with van der Waals surface area (Å²) in [5, 5.41) is 0. The molecule has 0 aromatic heterocycles. The molecule has 0 atom stereocenters. The first-order valence-electron chi connectivity index (χ1n) is 11.8. The minimum absolute atomic E-state index is 0.869. The first kappa shape index (κ1) is 21.5. The lowest BCUT2D eigenvalue weighted by Gasteiger charge is -2.28. The van der Waals surface area contributed by atoms with Gasteiger partial charge in [-0.2, -0.15) is 0 Å². The molecule has 2 rings (SSSR count). The molecule has 0 nitrogen and oxygen atoms in total. The lowest BCUT2D eigenvalue weighted by molar-refractivity contribution is 0.255. The van der Waals surface area contributed by atoms with Gasteiger partial charge in [0, 0.05) is 0 Å². The standard InChI is InChI=1S/C26H44/c1-3-5-7-11-23-15-19-25(20-16-23)13-9-10-14-26-21-17-24(18-22-26)12-8-6-4-2/h3,5,8,10,12,14,23-26H,4,6-7,9,11,13,15-22H2,1-2H3. The zero-order chi connectivity index (χ0) is 18.5. The van der Waals surface area contributed by atoms with E-state index in [0.29, 0.717) is 0 Å². The van der Waals surface area contributed by atoms with E-state index in [0.717, 1.165) is 23.7 Å². The highest BCUT2D eigenvalue weighted by atomic mass is 14.3. The maximum Gasteiger partial charge on any atom is -0.0233 e. The Labute approximate surface area is 164 Å². The van der Waals surface area contributed by atoms with Crippen LogP contribution in [0, 0.1) is 23.7 Å². The summed E-state index contributed by atoms with van der Waals surface area (Å²) in [7, 11) is 0. The van der Waals surface area contributed by atoms with Gasteiger partial charge in [-0.25, -0.2) is 0 Å².